The summed E-state index contributed by atoms with van der Waals surface area (Å²) < 4.78 is 16.5. The first-order chi connectivity index (χ1) is 24.5. The highest BCUT2D eigenvalue weighted by atomic mass is 16.6. The Bertz CT molecular complexity index is 902. The molecule has 288 valence electrons. The van der Waals surface area contributed by atoms with Gasteiger partial charge in [0.2, 0.25) is 0 Å². The van der Waals surface area contributed by atoms with E-state index in [0.717, 1.165) is 96.3 Å². The molecule has 1 atom stereocenters. The summed E-state index contributed by atoms with van der Waals surface area (Å²) >= 11 is 0. The number of carbonyl (C=O) groups excluding carboxylic acids is 3. The molecule has 0 aliphatic carbocycles. The van der Waals surface area contributed by atoms with Crippen molar-refractivity contribution < 1.29 is 28.6 Å². The topological polar surface area (TPSA) is 78.9 Å². The highest BCUT2D eigenvalue weighted by Gasteiger charge is 2.19. The SMILES string of the molecule is CC/C=C\C/C=C\C/C=C\C/C=C\CCCCCCC(=O)OCC(COC(=O)CCCCCCCCC)OC(=O)CCCCCCCCCC. The van der Waals surface area contributed by atoms with E-state index in [1.807, 2.05) is 0 Å². The molecule has 0 N–H and O–H groups in total. The normalized spacial score (nSPS) is 12.5. The van der Waals surface area contributed by atoms with Gasteiger partial charge in [0.05, 0.1) is 0 Å². The van der Waals surface area contributed by atoms with Crippen molar-refractivity contribution in [2.24, 2.45) is 0 Å². The predicted molar refractivity (Wildman–Crippen MR) is 210 cm³/mol. The molecule has 1 unspecified atom stereocenters. The van der Waals surface area contributed by atoms with E-state index >= 15 is 0 Å². The number of rotatable bonds is 36. The fourth-order valence-electron chi connectivity index (χ4n) is 5.49. The number of hydrogen-bond acceptors (Lipinski definition) is 6. The molecule has 0 amide bonds. The highest BCUT2D eigenvalue weighted by Crippen LogP contribution is 2.13. The molecule has 50 heavy (non-hydrogen) atoms. The van der Waals surface area contributed by atoms with Crippen molar-refractivity contribution >= 4 is 17.9 Å². The van der Waals surface area contributed by atoms with Crippen molar-refractivity contribution in [2.45, 2.75) is 200 Å². The minimum Gasteiger partial charge on any atom is -0.462 e. The van der Waals surface area contributed by atoms with E-state index in [4.69, 9.17) is 14.2 Å². The third-order valence-electron chi connectivity index (χ3n) is 8.60. The van der Waals surface area contributed by atoms with Crippen molar-refractivity contribution in [3.05, 3.63) is 48.6 Å². The van der Waals surface area contributed by atoms with E-state index in [1.165, 1.54) is 57.8 Å². The van der Waals surface area contributed by atoms with Gasteiger partial charge in [-0.2, -0.15) is 0 Å². The Morgan fingerprint density at radius 3 is 1.22 bits per heavy atom. The molecule has 0 spiro atoms. The third-order valence-corrected chi connectivity index (χ3v) is 8.60. The summed E-state index contributed by atoms with van der Waals surface area (Å²) in [6.07, 6.45) is 44.0. The molecular weight excluding hydrogens is 624 g/mol. The van der Waals surface area contributed by atoms with Crippen molar-refractivity contribution in [2.75, 3.05) is 13.2 Å². The van der Waals surface area contributed by atoms with Gasteiger partial charge in [0.1, 0.15) is 13.2 Å². The van der Waals surface area contributed by atoms with Gasteiger partial charge in [-0.1, -0.05) is 166 Å². The maximum Gasteiger partial charge on any atom is 0.306 e. The summed E-state index contributed by atoms with van der Waals surface area (Å²) in [6, 6.07) is 0. The lowest BCUT2D eigenvalue weighted by Gasteiger charge is -2.18. The quantitative estimate of drug-likeness (QED) is 0.0280. The maximum absolute atomic E-state index is 12.6. The maximum atomic E-state index is 12.6. The van der Waals surface area contributed by atoms with Gasteiger partial charge in [0.25, 0.3) is 0 Å². The Labute approximate surface area is 307 Å². The van der Waals surface area contributed by atoms with Crippen molar-refractivity contribution in [3.63, 3.8) is 0 Å². The van der Waals surface area contributed by atoms with E-state index in [0.29, 0.717) is 19.3 Å². The summed E-state index contributed by atoms with van der Waals surface area (Å²) in [7, 11) is 0. The molecule has 6 heteroatoms. The molecule has 0 heterocycles. The molecule has 0 saturated carbocycles. The second-order valence-electron chi connectivity index (χ2n) is 13.5. The molecule has 0 aliphatic rings. The fraction of sp³-hybridized carbons (Fsp3) is 0.750. The number of esters is 3. The second-order valence-corrected chi connectivity index (χ2v) is 13.5. The largest absolute Gasteiger partial charge is 0.462 e. The first-order valence-corrected chi connectivity index (χ1v) is 20.6. The molecular formula is C44H76O6. The van der Waals surface area contributed by atoms with E-state index in [-0.39, 0.29) is 31.1 Å². The number of ether oxygens (including phenoxy) is 3. The van der Waals surface area contributed by atoms with Crippen LogP contribution in [0.25, 0.3) is 0 Å². The van der Waals surface area contributed by atoms with Crippen LogP contribution in [0, 0.1) is 0 Å². The molecule has 0 radical (unpaired) electrons. The Hall–Kier alpha value is -2.63. The lowest BCUT2D eigenvalue weighted by atomic mass is 10.1. The zero-order valence-corrected chi connectivity index (χ0v) is 32.7. The third kappa shape index (κ3) is 36.6. The van der Waals surface area contributed by atoms with Gasteiger partial charge in [0.15, 0.2) is 6.10 Å². The van der Waals surface area contributed by atoms with Crippen LogP contribution in [0.4, 0.5) is 0 Å². The molecule has 0 rings (SSSR count). The van der Waals surface area contributed by atoms with E-state index in [1.54, 1.807) is 0 Å². The van der Waals surface area contributed by atoms with E-state index < -0.39 is 6.10 Å². The van der Waals surface area contributed by atoms with Crippen LogP contribution in [-0.4, -0.2) is 37.2 Å². The Kier molecular flexibility index (Phi) is 37.1. The molecule has 6 nitrogen and oxygen atoms in total. The highest BCUT2D eigenvalue weighted by molar-refractivity contribution is 5.71. The summed E-state index contributed by atoms with van der Waals surface area (Å²) in [5.41, 5.74) is 0. The molecule has 0 aromatic heterocycles. The second kappa shape index (κ2) is 39.2. The molecule has 0 fully saturated rings. The van der Waals surface area contributed by atoms with E-state index in [9.17, 15) is 14.4 Å². The molecule has 0 bridgehead atoms. The van der Waals surface area contributed by atoms with Crippen molar-refractivity contribution in [3.8, 4) is 0 Å². The minimum absolute atomic E-state index is 0.0803. The number of hydrogen-bond donors (Lipinski definition) is 0. The summed E-state index contributed by atoms with van der Waals surface area (Å²) in [4.78, 5) is 37.4. The predicted octanol–water partition coefficient (Wildman–Crippen LogP) is 12.8. The molecule has 0 aromatic rings. The number of carbonyl (C=O) groups is 3. The summed E-state index contributed by atoms with van der Waals surface area (Å²) in [6.45, 7) is 6.40. The van der Waals surface area contributed by atoms with Crippen LogP contribution < -0.4 is 0 Å². The molecule has 0 saturated heterocycles. The van der Waals surface area contributed by atoms with Gasteiger partial charge in [0, 0.05) is 19.3 Å². The first kappa shape index (κ1) is 47.4. The van der Waals surface area contributed by atoms with Crippen LogP contribution in [0.1, 0.15) is 194 Å². The Balaban J connectivity index is 4.31. The van der Waals surface area contributed by atoms with Crippen molar-refractivity contribution in [1.29, 1.82) is 0 Å². The Morgan fingerprint density at radius 1 is 0.420 bits per heavy atom. The minimum atomic E-state index is -0.774. The monoisotopic (exact) mass is 701 g/mol. The van der Waals surface area contributed by atoms with Gasteiger partial charge >= 0.3 is 17.9 Å². The molecule has 0 aromatic carbocycles. The van der Waals surface area contributed by atoms with E-state index in [2.05, 4.69) is 69.4 Å². The number of unbranched alkanes of at least 4 members (excludes halogenated alkanes) is 17. The van der Waals surface area contributed by atoms with Crippen LogP contribution >= 0.6 is 0 Å². The van der Waals surface area contributed by atoms with Crippen LogP contribution in [-0.2, 0) is 28.6 Å². The van der Waals surface area contributed by atoms with Gasteiger partial charge < -0.3 is 14.2 Å². The standard InChI is InChI=1S/C44H76O6/c1-4-7-10-13-16-18-19-20-21-22-23-24-25-26-29-31-34-37-43(46)49-40-41(39-48-42(45)36-33-30-27-15-12-9-6-3)50-44(47)38-35-32-28-17-14-11-8-5-2/h7,10,16,18,20-21,23-24,41H,4-6,8-9,11-15,17,19,22,25-40H2,1-3H3/b10-7-,18-16-,21-20-,24-23-. The van der Waals surface area contributed by atoms with Crippen LogP contribution in [0.15, 0.2) is 48.6 Å². The van der Waals surface area contributed by atoms with Gasteiger partial charge in [-0.3, -0.25) is 14.4 Å². The van der Waals surface area contributed by atoms with Crippen LogP contribution in [0.5, 0.6) is 0 Å². The van der Waals surface area contributed by atoms with Gasteiger partial charge in [-0.05, 0) is 57.8 Å². The zero-order chi connectivity index (χ0) is 36.6. The van der Waals surface area contributed by atoms with Gasteiger partial charge in [-0.25, -0.2) is 0 Å². The average molecular weight is 701 g/mol. The smallest absolute Gasteiger partial charge is 0.306 e. The molecule has 0 aliphatic heterocycles. The first-order valence-electron chi connectivity index (χ1n) is 20.6. The Morgan fingerprint density at radius 2 is 0.780 bits per heavy atom. The zero-order valence-electron chi connectivity index (χ0n) is 32.7. The van der Waals surface area contributed by atoms with Crippen LogP contribution in [0.2, 0.25) is 0 Å². The fourth-order valence-corrected chi connectivity index (χ4v) is 5.49. The van der Waals surface area contributed by atoms with Crippen LogP contribution in [0.3, 0.4) is 0 Å². The summed E-state index contributed by atoms with van der Waals surface area (Å²) in [5, 5.41) is 0. The number of allylic oxidation sites excluding steroid dienone is 8. The van der Waals surface area contributed by atoms with Crippen molar-refractivity contribution in [1.82, 2.24) is 0 Å². The van der Waals surface area contributed by atoms with Gasteiger partial charge in [-0.15, -0.1) is 0 Å². The summed E-state index contributed by atoms with van der Waals surface area (Å²) in [5.74, 6) is -0.921. The lowest BCUT2D eigenvalue weighted by molar-refractivity contribution is -0.167. The lowest BCUT2D eigenvalue weighted by Crippen LogP contribution is -2.30. The average Bonchev–Trinajstić information content (AvgIpc) is 3.11.